The topological polar surface area (TPSA) is 79.9 Å². The number of carbonyl (C=O) groups excluding carboxylic acids is 1. The lowest BCUT2D eigenvalue weighted by molar-refractivity contribution is 0.144. The number of hydrogen-bond donors (Lipinski definition) is 2. The van der Waals surface area contributed by atoms with Gasteiger partial charge in [0.2, 0.25) is 0 Å². The van der Waals surface area contributed by atoms with Gasteiger partial charge in [-0.3, -0.25) is 0 Å². The highest BCUT2D eigenvalue weighted by Gasteiger charge is 2.28. The lowest BCUT2D eigenvalue weighted by Gasteiger charge is -2.14. The summed E-state index contributed by atoms with van der Waals surface area (Å²) in [7, 11) is 0. The number of alkyl carbamates (subject to hydrolysis) is 1. The fraction of sp³-hybridized carbons (Fsp3) is 0.125. The first-order valence-electron chi connectivity index (χ1n) is 9.84. The summed E-state index contributed by atoms with van der Waals surface area (Å²) in [6.07, 6.45) is 6.69. The van der Waals surface area contributed by atoms with E-state index in [1.807, 2.05) is 42.5 Å². The van der Waals surface area contributed by atoms with Gasteiger partial charge in [-0.25, -0.2) is 14.8 Å². The molecule has 0 saturated carbocycles. The van der Waals surface area contributed by atoms with Crippen LogP contribution in [0.1, 0.15) is 22.6 Å². The summed E-state index contributed by atoms with van der Waals surface area (Å²) in [5, 5.41) is 2.77. The van der Waals surface area contributed by atoms with Gasteiger partial charge in [0, 0.05) is 18.7 Å². The molecule has 2 N–H and O–H groups in total. The first-order chi connectivity index (χ1) is 14.8. The van der Waals surface area contributed by atoms with Crippen LogP contribution in [-0.4, -0.2) is 34.2 Å². The second-order valence-electron chi connectivity index (χ2n) is 7.15. The zero-order chi connectivity index (χ0) is 20.3. The maximum Gasteiger partial charge on any atom is 0.407 e. The molecule has 1 aliphatic rings. The first-order valence-corrected chi connectivity index (χ1v) is 9.84. The van der Waals surface area contributed by atoms with Gasteiger partial charge in [-0.15, -0.1) is 0 Å². The summed E-state index contributed by atoms with van der Waals surface area (Å²) < 4.78 is 5.53. The number of imidazole rings is 1. The Hall–Kier alpha value is -3.93. The Morgan fingerprint density at radius 3 is 2.57 bits per heavy atom. The van der Waals surface area contributed by atoms with E-state index in [9.17, 15) is 4.79 Å². The minimum atomic E-state index is -0.427. The molecular weight excluding hydrogens is 376 g/mol. The number of aromatic amines is 1. The van der Waals surface area contributed by atoms with Crippen LogP contribution in [0.3, 0.4) is 0 Å². The molecule has 0 radical (unpaired) electrons. The van der Waals surface area contributed by atoms with Gasteiger partial charge in [0.15, 0.2) is 5.65 Å². The van der Waals surface area contributed by atoms with Crippen molar-refractivity contribution in [2.45, 2.75) is 5.92 Å². The number of benzene rings is 2. The molecule has 2 aromatic heterocycles. The SMILES string of the molecule is O=C(NCC=Cc1cnc2nc[nH]c2c1)OCC1c2ccccc2-c2ccccc21. The molecule has 0 bridgehead atoms. The van der Waals surface area contributed by atoms with Gasteiger partial charge in [0.05, 0.1) is 11.8 Å². The Morgan fingerprint density at radius 1 is 1.07 bits per heavy atom. The summed E-state index contributed by atoms with van der Waals surface area (Å²) in [6, 6.07) is 18.5. The van der Waals surface area contributed by atoms with Crippen LogP contribution in [-0.2, 0) is 4.74 Å². The van der Waals surface area contributed by atoms with Crippen LogP contribution >= 0.6 is 0 Å². The van der Waals surface area contributed by atoms with Crippen molar-refractivity contribution in [3.63, 3.8) is 0 Å². The highest BCUT2D eigenvalue weighted by atomic mass is 16.5. The Balaban J connectivity index is 1.18. The molecule has 4 aromatic rings. The Bertz CT molecular complexity index is 1200. The molecule has 2 heterocycles. The van der Waals surface area contributed by atoms with Crippen molar-refractivity contribution < 1.29 is 9.53 Å². The molecule has 0 aliphatic heterocycles. The monoisotopic (exact) mass is 396 g/mol. The average Bonchev–Trinajstić information content (AvgIpc) is 3.37. The number of rotatable bonds is 5. The summed E-state index contributed by atoms with van der Waals surface area (Å²) >= 11 is 0. The van der Waals surface area contributed by atoms with E-state index in [1.165, 1.54) is 22.3 Å². The number of pyridine rings is 1. The van der Waals surface area contributed by atoms with Gasteiger partial charge in [-0.1, -0.05) is 60.7 Å². The molecule has 0 spiro atoms. The maximum atomic E-state index is 12.2. The predicted octanol–water partition coefficient (Wildman–Crippen LogP) is 4.51. The van der Waals surface area contributed by atoms with Crippen molar-refractivity contribution in [1.29, 1.82) is 0 Å². The third kappa shape index (κ3) is 3.43. The fourth-order valence-corrected chi connectivity index (χ4v) is 3.92. The standard InChI is InChI=1S/C24H20N4O2/c29-24(25-11-5-6-16-12-22-23(26-13-16)28-15-27-22)30-14-21-19-9-3-1-7-17(19)18-8-2-4-10-20(18)21/h1-10,12-13,15,21H,11,14H2,(H,25,29)(H,26,27,28). The molecule has 0 saturated heterocycles. The van der Waals surface area contributed by atoms with Crippen molar-refractivity contribution in [3.05, 3.63) is 89.9 Å². The summed E-state index contributed by atoms with van der Waals surface area (Å²) in [5.74, 6) is 0.0610. The van der Waals surface area contributed by atoms with Gasteiger partial charge < -0.3 is 15.0 Å². The quantitative estimate of drug-likeness (QED) is 0.520. The Labute approximate surface area is 173 Å². The Morgan fingerprint density at radius 2 is 1.80 bits per heavy atom. The van der Waals surface area contributed by atoms with E-state index < -0.39 is 6.09 Å². The second kappa shape index (κ2) is 7.83. The molecule has 148 valence electrons. The number of nitrogens with one attached hydrogen (secondary N) is 2. The Kier molecular flexibility index (Phi) is 4.73. The number of fused-ring (bicyclic) bond motifs is 4. The van der Waals surface area contributed by atoms with E-state index in [1.54, 1.807) is 12.5 Å². The third-order valence-electron chi connectivity index (χ3n) is 5.31. The molecule has 30 heavy (non-hydrogen) atoms. The summed E-state index contributed by atoms with van der Waals surface area (Å²) in [6.45, 7) is 0.682. The summed E-state index contributed by atoms with van der Waals surface area (Å²) in [5.41, 5.74) is 7.33. The van der Waals surface area contributed by atoms with E-state index in [0.717, 1.165) is 11.1 Å². The normalized spacial score (nSPS) is 12.8. The van der Waals surface area contributed by atoms with Crippen LogP contribution in [0.4, 0.5) is 4.79 Å². The van der Waals surface area contributed by atoms with Gasteiger partial charge in [0.25, 0.3) is 0 Å². The van der Waals surface area contributed by atoms with Crippen molar-refractivity contribution >= 4 is 23.3 Å². The highest BCUT2D eigenvalue weighted by Crippen LogP contribution is 2.44. The van der Waals surface area contributed by atoms with Crippen molar-refractivity contribution in [2.24, 2.45) is 0 Å². The van der Waals surface area contributed by atoms with Crippen LogP contribution < -0.4 is 5.32 Å². The average molecular weight is 396 g/mol. The molecule has 6 nitrogen and oxygen atoms in total. The number of amides is 1. The highest BCUT2D eigenvalue weighted by molar-refractivity contribution is 5.79. The van der Waals surface area contributed by atoms with Crippen LogP contribution in [0.15, 0.2) is 73.2 Å². The van der Waals surface area contributed by atoms with Crippen molar-refractivity contribution in [3.8, 4) is 11.1 Å². The molecule has 0 atom stereocenters. The van der Waals surface area contributed by atoms with E-state index in [0.29, 0.717) is 18.8 Å². The van der Waals surface area contributed by atoms with Crippen LogP contribution in [0, 0.1) is 0 Å². The van der Waals surface area contributed by atoms with Crippen LogP contribution in [0.2, 0.25) is 0 Å². The molecule has 0 unspecified atom stereocenters. The number of hydrogen-bond acceptors (Lipinski definition) is 4. The number of nitrogens with zero attached hydrogens (tertiary/aromatic N) is 2. The van der Waals surface area contributed by atoms with Crippen LogP contribution in [0.25, 0.3) is 28.4 Å². The number of aromatic nitrogens is 3. The fourth-order valence-electron chi connectivity index (χ4n) is 3.92. The van der Waals surface area contributed by atoms with E-state index in [-0.39, 0.29) is 5.92 Å². The van der Waals surface area contributed by atoms with Gasteiger partial charge in [-0.2, -0.15) is 0 Å². The second-order valence-corrected chi connectivity index (χ2v) is 7.15. The van der Waals surface area contributed by atoms with Crippen molar-refractivity contribution in [1.82, 2.24) is 20.3 Å². The lowest BCUT2D eigenvalue weighted by Crippen LogP contribution is -2.26. The maximum absolute atomic E-state index is 12.2. The minimum Gasteiger partial charge on any atom is -0.449 e. The van der Waals surface area contributed by atoms with E-state index in [2.05, 4.69) is 44.5 Å². The lowest BCUT2D eigenvalue weighted by atomic mass is 9.98. The molecule has 1 aliphatic carbocycles. The van der Waals surface area contributed by atoms with Gasteiger partial charge in [0.1, 0.15) is 6.61 Å². The zero-order valence-electron chi connectivity index (χ0n) is 16.2. The van der Waals surface area contributed by atoms with E-state index >= 15 is 0 Å². The first kappa shape index (κ1) is 18.1. The smallest absolute Gasteiger partial charge is 0.407 e. The van der Waals surface area contributed by atoms with Crippen LogP contribution in [0.5, 0.6) is 0 Å². The molecule has 5 rings (SSSR count). The molecular formula is C24H20N4O2. The summed E-state index contributed by atoms with van der Waals surface area (Å²) in [4.78, 5) is 23.6. The van der Waals surface area contributed by atoms with Gasteiger partial charge in [-0.05, 0) is 33.9 Å². The molecule has 2 aromatic carbocycles. The molecule has 6 heteroatoms. The molecule has 1 amide bonds. The van der Waals surface area contributed by atoms with E-state index in [4.69, 9.17) is 4.74 Å². The number of H-pyrrole nitrogens is 1. The third-order valence-corrected chi connectivity index (χ3v) is 5.31. The number of carbonyl (C=O) groups is 1. The van der Waals surface area contributed by atoms with Crippen molar-refractivity contribution in [2.75, 3.05) is 13.2 Å². The largest absolute Gasteiger partial charge is 0.449 e. The predicted molar refractivity (Wildman–Crippen MR) is 116 cm³/mol. The minimum absolute atomic E-state index is 0.0610. The number of ether oxygens (including phenoxy) is 1. The zero-order valence-corrected chi connectivity index (χ0v) is 16.2. The molecule has 0 fully saturated rings. The van der Waals surface area contributed by atoms with Gasteiger partial charge >= 0.3 is 6.09 Å².